The van der Waals surface area contributed by atoms with Crippen molar-refractivity contribution in [1.82, 2.24) is 14.9 Å². The maximum Gasteiger partial charge on any atom is 0.132 e. The fraction of sp³-hybridized carbons (Fsp3) is 0.333. The number of aromatic nitrogens is 2. The summed E-state index contributed by atoms with van der Waals surface area (Å²) in [6, 6.07) is 4.54. The number of halogens is 1. The van der Waals surface area contributed by atoms with E-state index in [0.717, 1.165) is 5.69 Å². The molecule has 2 aromatic rings. The molecule has 4 nitrogen and oxygen atoms in total. The molecule has 1 unspecified atom stereocenters. The van der Waals surface area contributed by atoms with Gasteiger partial charge in [0.1, 0.15) is 11.6 Å². The molecule has 0 aliphatic rings. The molecule has 1 aromatic carbocycles. The number of ether oxygens (including phenoxy) is 1. The lowest BCUT2D eigenvalue weighted by Gasteiger charge is -2.16. The van der Waals surface area contributed by atoms with E-state index in [4.69, 9.17) is 4.74 Å². The fourth-order valence-electron chi connectivity index (χ4n) is 1.74. The second kappa shape index (κ2) is 5.88. The normalized spacial score (nSPS) is 12.4. The highest BCUT2D eigenvalue weighted by atomic mass is 32.1. The highest BCUT2D eigenvalue weighted by molar-refractivity contribution is 7.03. The summed E-state index contributed by atoms with van der Waals surface area (Å²) in [4.78, 5) is 0. The van der Waals surface area contributed by atoms with Crippen molar-refractivity contribution in [3.05, 3.63) is 40.7 Å². The molecule has 1 atom stereocenters. The first-order chi connectivity index (χ1) is 8.76. The van der Waals surface area contributed by atoms with Gasteiger partial charge in [0.15, 0.2) is 0 Å². The molecule has 6 heteroatoms. The number of rotatable bonds is 5. The summed E-state index contributed by atoms with van der Waals surface area (Å²) in [6.45, 7) is 2.68. The lowest BCUT2D eigenvalue weighted by molar-refractivity contribution is 0.410. The Morgan fingerprint density at radius 2 is 2.33 bits per heavy atom. The largest absolute Gasteiger partial charge is 0.497 e. The van der Waals surface area contributed by atoms with Crippen LogP contribution in [0.25, 0.3) is 0 Å². The van der Waals surface area contributed by atoms with Gasteiger partial charge in [-0.15, -0.1) is 5.10 Å². The minimum Gasteiger partial charge on any atom is -0.497 e. The second-order valence-corrected chi connectivity index (χ2v) is 4.32. The van der Waals surface area contributed by atoms with Crippen LogP contribution in [-0.2, 0) is 0 Å². The Bertz CT molecular complexity index is 504. The maximum absolute atomic E-state index is 14.0. The number of methoxy groups -OCH3 is 1. The van der Waals surface area contributed by atoms with Gasteiger partial charge in [-0.3, -0.25) is 0 Å². The summed E-state index contributed by atoms with van der Waals surface area (Å²) in [5.41, 5.74) is 1.27. The highest BCUT2D eigenvalue weighted by Crippen LogP contribution is 2.26. The third-order valence-electron chi connectivity index (χ3n) is 2.60. The van der Waals surface area contributed by atoms with Crippen LogP contribution in [0, 0.1) is 5.82 Å². The van der Waals surface area contributed by atoms with E-state index in [2.05, 4.69) is 14.9 Å². The SMILES string of the molecule is CCNC(c1csnn1)c1ccc(OC)cc1F. The first kappa shape index (κ1) is 12.9. The van der Waals surface area contributed by atoms with Crippen LogP contribution < -0.4 is 10.1 Å². The van der Waals surface area contributed by atoms with Crippen molar-refractivity contribution < 1.29 is 9.13 Å². The van der Waals surface area contributed by atoms with Crippen LogP contribution in [0.4, 0.5) is 4.39 Å². The number of benzene rings is 1. The van der Waals surface area contributed by atoms with Crippen LogP contribution in [-0.4, -0.2) is 23.2 Å². The molecule has 0 amide bonds. The average Bonchev–Trinajstić information content (AvgIpc) is 2.90. The number of nitrogens with one attached hydrogen (secondary N) is 1. The number of hydrogen-bond acceptors (Lipinski definition) is 5. The Balaban J connectivity index is 2.37. The van der Waals surface area contributed by atoms with Crippen molar-refractivity contribution in [2.75, 3.05) is 13.7 Å². The Hall–Kier alpha value is -1.53. The molecule has 0 bridgehead atoms. The molecular weight excluding hydrogens is 253 g/mol. The van der Waals surface area contributed by atoms with Gasteiger partial charge in [0, 0.05) is 17.0 Å². The zero-order valence-electron chi connectivity index (χ0n) is 10.2. The summed E-state index contributed by atoms with van der Waals surface area (Å²) < 4.78 is 22.9. The smallest absolute Gasteiger partial charge is 0.132 e. The van der Waals surface area contributed by atoms with Gasteiger partial charge in [-0.05, 0) is 24.1 Å². The van der Waals surface area contributed by atoms with Crippen molar-refractivity contribution in [2.24, 2.45) is 0 Å². The lowest BCUT2D eigenvalue weighted by atomic mass is 10.0. The third-order valence-corrected chi connectivity index (χ3v) is 3.12. The molecule has 0 aliphatic heterocycles. The standard InChI is InChI=1S/C12H14FN3OS/c1-3-14-12(11-7-18-16-15-11)9-5-4-8(17-2)6-10(9)13/h4-7,12,14H,3H2,1-2H3. The molecule has 1 aromatic heterocycles. The zero-order chi connectivity index (χ0) is 13.0. The maximum atomic E-state index is 14.0. The van der Waals surface area contributed by atoms with E-state index in [1.807, 2.05) is 12.3 Å². The Morgan fingerprint density at radius 3 is 2.89 bits per heavy atom. The molecule has 0 fully saturated rings. The minimum atomic E-state index is -0.312. The van der Waals surface area contributed by atoms with E-state index in [9.17, 15) is 4.39 Å². The summed E-state index contributed by atoms with van der Waals surface area (Å²) in [7, 11) is 1.51. The van der Waals surface area contributed by atoms with Crippen LogP contribution >= 0.6 is 11.5 Å². The van der Waals surface area contributed by atoms with Gasteiger partial charge in [-0.1, -0.05) is 17.5 Å². The first-order valence-corrected chi connectivity index (χ1v) is 6.43. The van der Waals surface area contributed by atoms with Crippen molar-refractivity contribution >= 4 is 11.5 Å². The summed E-state index contributed by atoms with van der Waals surface area (Å²) >= 11 is 1.25. The van der Waals surface area contributed by atoms with E-state index < -0.39 is 0 Å². The van der Waals surface area contributed by atoms with Crippen LogP contribution in [0.1, 0.15) is 24.2 Å². The van der Waals surface area contributed by atoms with Crippen LogP contribution in [0.5, 0.6) is 5.75 Å². The van der Waals surface area contributed by atoms with E-state index in [-0.39, 0.29) is 11.9 Å². The molecule has 2 rings (SSSR count). The molecule has 0 saturated carbocycles. The topological polar surface area (TPSA) is 47.0 Å². The monoisotopic (exact) mass is 267 g/mol. The van der Waals surface area contributed by atoms with Gasteiger partial charge < -0.3 is 10.1 Å². The van der Waals surface area contributed by atoms with E-state index in [1.54, 1.807) is 12.1 Å². The van der Waals surface area contributed by atoms with Gasteiger partial charge >= 0.3 is 0 Å². The summed E-state index contributed by atoms with van der Waals surface area (Å²) in [6.07, 6.45) is 0. The Kier molecular flexibility index (Phi) is 4.22. The molecule has 0 aliphatic carbocycles. The second-order valence-electron chi connectivity index (χ2n) is 3.71. The molecule has 0 radical (unpaired) electrons. The van der Waals surface area contributed by atoms with Gasteiger partial charge in [-0.25, -0.2) is 4.39 Å². The Labute approximate surface area is 109 Å². The van der Waals surface area contributed by atoms with Crippen molar-refractivity contribution in [3.63, 3.8) is 0 Å². The predicted molar refractivity (Wildman–Crippen MR) is 68.4 cm³/mol. The van der Waals surface area contributed by atoms with Crippen LogP contribution in [0.3, 0.4) is 0 Å². The summed E-state index contributed by atoms with van der Waals surface area (Å²) in [5, 5.41) is 9.02. The van der Waals surface area contributed by atoms with E-state index >= 15 is 0 Å². The van der Waals surface area contributed by atoms with Crippen LogP contribution in [0.15, 0.2) is 23.6 Å². The van der Waals surface area contributed by atoms with Crippen molar-refractivity contribution in [3.8, 4) is 5.75 Å². The highest BCUT2D eigenvalue weighted by Gasteiger charge is 2.19. The minimum absolute atomic E-state index is 0.278. The first-order valence-electron chi connectivity index (χ1n) is 5.60. The zero-order valence-corrected chi connectivity index (χ0v) is 11.0. The fourth-order valence-corrected chi connectivity index (χ4v) is 2.22. The quantitative estimate of drug-likeness (QED) is 0.903. The van der Waals surface area contributed by atoms with Gasteiger partial charge in [0.05, 0.1) is 18.8 Å². The molecule has 0 saturated heterocycles. The van der Waals surface area contributed by atoms with E-state index in [1.165, 1.54) is 24.7 Å². The van der Waals surface area contributed by atoms with Gasteiger partial charge in [-0.2, -0.15) is 0 Å². The molecule has 96 valence electrons. The molecule has 18 heavy (non-hydrogen) atoms. The van der Waals surface area contributed by atoms with Crippen molar-refractivity contribution in [2.45, 2.75) is 13.0 Å². The Morgan fingerprint density at radius 1 is 1.50 bits per heavy atom. The number of hydrogen-bond donors (Lipinski definition) is 1. The molecule has 1 heterocycles. The third kappa shape index (κ3) is 2.65. The van der Waals surface area contributed by atoms with Crippen molar-refractivity contribution in [1.29, 1.82) is 0 Å². The van der Waals surface area contributed by atoms with Gasteiger partial charge in [0.25, 0.3) is 0 Å². The van der Waals surface area contributed by atoms with E-state index in [0.29, 0.717) is 17.9 Å². The summed E-state index contributed by atoms with van der Waals surface area (Å²) in [5.74, 6) is 0.191. The number of nitrogens with zero attached hydrogens (tertiary/aromatic N) is 2. The van der Waals surface area contributed by atoms with Crippen LogP contribution in [0.2, 0.25) is 0 Å². The average molecular weight is 267 g/mol. The molecule has 0 spiro atoms. The molecule has 1 N–H and O–H groups in total. The van der Waals surface area contributed by atoms with Gasteiger partial charge in [0.2, 0.25) is 0 Å². The molecular formula is C12H14FN3OS. The lowest BCUT2D eigenvalue weighted by Crippen LogP contribution is -2.23. The predicted octanol–water partition coefficient (Wildman–Crippen LogP) is 2.38.